The Morgan fingerprint density at radius 1 is 1.03 bits per heavy atom. The highest BCUT2D eigenvalue weighted by Gasteiger charge is 2.40. The first-order valence-corrected chi connectivity index (χ1v) is 14.7. The Bertz CT molecular complexity index is 1070. The Morgan fingerprint density at radius 2 is 1.77 bits per heavy atom. The van der Waals surface area contributed by atoms with Crippen molar-refractivity contribution in [2.75, 3.05) is 19.7 Å². The molecular weight excluding hydrogens is 488 g/mol. The highest BCUT2D eigenvalue weighted by atomic mass is 16.5. The number of nitrogens with zero attached hydrogens (tertiary/aromatic N) is 2. The minimum absolute atomic E-state index is 0.0243. The Hall–Kier alpha value is -2.54. The molecule has 3 atom stereocenters. The quantitative estimate of drug-likeness (QED) is 0.321. The monoisotopic (exact) mass is 534 g/mol. The first-order chi connectivity index (χ1) is 18.8. The maximum atomic E-state index is 10.8. The van der Waals surface area contributed by atoms with Gasteiger partial charge in [0.05, 0.1) is 25.4 Å². The van der Waals surface area contributed by atoms with E-state index in [9.17, 15) is 4.79 Å². The first-order valence-electron chi connectivity index (χ1n) is 14.7. The molecule has 1 aliphatic carbocycles. The van der Waals surface area contributed by atoms with Gasteiger partial charge in [-0.05, 0) is 73.4 Å². The molecule has 6 nitrogen and oxygen atoms in total. The van der Waals surface area contributed by atoms with Gasteiger partial charge >= 0.3 is 5.97 Å². The molecule has 212 valence electrons. The van der Waals surface area contributed by atoms with Gasteiger partial charge in [0.15, 0.2) is 0 Å². The average molecular weight is 535 g/mol. The summed E-state index contributed by atoms with van der Waals surface area (Å²) in [6, 6.07) is 11.2. The van der Waals surface area contributed by atoms with Crippen molar-refractivity contribution in [1.29, 1.82) is 0 Å². The number of hydrogen-bond acceptors (Lipinski definition) is 5. The lowest BCUT2D eigenvalue weighted by molar-refractivity contribution is -0.136. The predicted molar refractivity (Wildman–Crippen MR) is 156 cm³/mol. The smallest absolute Gasteiger partial charge is 0.303 e. The zero-order chi connectivity index (χ0) is 27.7. The molecule has 1 N–H and O–H groups in total. The van der Waals surface area contributed by atoms with Gasteiger partial charge in [-0.3, -0.25) is 14.7 Å². The minimum Gasteiger partial charge on any atom is -0.481 e. The SMILES string of the molecule is CC(C)(C)c1ccncc1-c1ccc(CO[C@@H]2CC[C@H](N3CCCCCC3)[C@H]2OC/C=C\CCC(=O)O)cc1. The van der Waals surface area contributed by atoms with Crippen LogP contribution in [-0.2, 0) is 26.3 Å². The van der Waals surface area contributed by atoms with Gasteiger partial charge < -0.3 is 14.6 Å². The molecular formula is C33H46N2O4. The molecule has 1 aliphatic heterocycles. The fraction of sp³-hybridized carbons (Fsp3) is 0.576. The van der Waals surface area contributed by atoms with Gasteiger partial charge in [-0.15, -0.1) is 0 Å². The number of aliphatic carboxylic acids is 1. The van der Waals surface area contributed by atoms with Crippen LogP contribution in [0.3, 0.4) is 0 Å². The second-order valence-corrected chi connectivity index (χ2v) is 12.0. The van der Waals surface area contributed by atoms with Crippen molar-refractivity contribution in [3.8, 4) is 11.1 Å². The van der Waals surface area contributed by atoms with Crippen LogP contribution in [0.4, 0.5) is 0 Å². The molecule has 4 rings (SSSR count). The summed E-state index contributed by atoms with van der Waals surface area (Å²) in [5, 5.41) is 8.86. The van der Waals surface area contributed by atoms with Gasteiger partial charge in [-0.1, -0.05) is 70.0 Å². The zero-order valence-corrected chi connectivity index (χ0v) is 24.0. The Labute approximate surface area is 234 Å². The number of aromatic nitrogens is 1. The number of carboxylic acids is 1. The van der Waals surface area contributed by atoms with E-state index in [0.717, 1.165) is 31.5 Å². The molecule has 39 heavy (non-hydrogen) atoms. The summed E-state index contributed by atoms with van der Waals surface area (Å²) in [5.41, 5.74) is 4.86. The van der Waals surface area contributed by atoms with Crippen LogP contribution in [0, 0.1) is 0 Å². The Balaban J connectivity index is 1.39. The third kappa shape index (κ3) is 8.47. The van der Waals surface area contributed by atoms with Gasteiger partial charge in [-0.2, -0.15) is 0 Å². The van der Waals surface area contributed by atoms with Crippen molar-refractivity contribution in [3.63, 3.8) is 0 Å². The molecule has 1 saturated heterocycles. The molecule has 0 amide bonds. The molecule has 6 heteroatoms. The van der Waals surface area contributed by atoms with Crippen LogP contribution in [0.5, 0.6) is 0 Å². The lowest BCUT2D eigenvalue weighted by Crippen LogP contribution is -2.45. The zero-order valence-electron chi connectivity index (χ0n) is 24.0. The van der Waals surface area contributed by atoms with Gasteiger partial charge in [0.1, 0.15) is 0 Å². The maximum Gasteiger partial charge on any atom is 0.303 e. The molecule has 2 aliphatic rings. The van der Waals surface area contributed by atoms with Crippen LogP contribution in [0.15, 0.2) is 54.9 Å². The second kappa shape index (κ2) is 14.2. The van der Waals surface area contributed by atoms with Crippen molar-refractivity contribution in [3.05, 3.63) is 66.0 Å². The summed E-state index contributed by atoms with van der Waals surface area (Å²) in [5.74, 6) is -0.769. The molecule has 0 radical (unpaired) electrons. The first kappa shape index (κ1) is 29.4. The van der Waals surface area contributed by atoms with Crippen molar-refractivity contribution in [1.82, 2.24) is 9.88 Å². The van der Waals surface area contributed by atoms with Crippen molar-refractivity contribution < 1.29 is 19.4 Å². The number of ether oxygens (including phenoxy) is 2. The van der Waals surface area contributed by atoms with Gasteiger partial charge in [-0.25, -0.2) is 0 Å². The lowest BCUT2D eigenvalue weighted by atomic mass is 9.83. The number of carbonyl (C=O) groups is 1. The molecule has 2 aromatic rings. The van der Waals surface area contributed by atoms with E-state index >= 15 is 0 Å². The van der Waals surface area contributed by atoms with Gasteiger partial charge in [0.25, 0.3) is 0 Å². The largest absolute Gasteiger partial charge is 0.481 e. The summed E-state index contributed by atoms with van der Waals surface area (Å²) >= 11 is 0. The highest BCUT2D eigenvalue weighted by molar-refractivity contribution is 5.68. The van der Waals surface area contributed by atoms with E-state index in [1.807, 2.05) is 24.5 Å². The number of benzene rings is 1. The van der Waals surface area contributed by atoms with E-state index < -0.39 is 5.97 Å². The van der Waals surface area contributed by atoms with E-state index in [4.69, 9.17) is 14.6 Å². The van der Waals surface area contributed by atoms with Crippen LogP contribution in [0.1, 0.15) is 83.3 Å². The molecule has 0 unspecified atom stereocenters. The third-order valence-electron chi connectivity index (χ3n) is 8.04. The Kier molecular flexibility index (Phi) is 10.7. The van der Waals surface area contributed by atoms with Crippen LogP contribution >= 0.6 is 0 Å². The van der Waals surface area contributed by atoms with Crippen LogP contribution in [0.2, 0.25) is 0 Å². The Morgan fingerprint density at radius 3 is 2.46 bits per heavy atom. The van der Waals surface area contributed by atoms with E-state index in [1.165, 1.54) is 42.4 Å². The minimum atomic E-state index is -0.769. The summed E-state index contributed by atoms with van der Waals surface area (Å²) < 4.78 is 13.0. The van der Waals surface area contributed by atoms with Gasteiger partial charge in [0, 0.05) is 30.4 Å². The molecule has 2 heterocycles. The van der Waals surface area contributed by atoms with Crippen molar-refractivity contribution >= 4 is 5.97 Å². The number of carboxylic acid groups (broad SMARTS) is 1. The molecule has 0 bridgehead atoms. The topological polar surface area (TPSA) is 71.9 Å². The fourth-order valence-corrected chi connectivity index (χ4v) is 5.95. The molecule has 1 aromatic heterocycles. The van der Waals surface area contributed by atoms with Crippen molar-refractivity contribution in [2.45, 2.75) is 102 Å². The average Bonchev–Trinajstić information content (AvgIpc) is 3.12. The molecule has 1 aromatic carbocycles. The van der Waals surface area contributed by atoms with Crippen LogP contribution < -0.4 is 0 Å². The normalized spacial score (nSPS) is 22.8. The number of allylic oxidation sites excluding steroid dienone is 1. The maximum absolute atomic E-state index is 10.8. The molecule has 0 spiro atoms. The number of likely N-dealkylation sites (tertiary alicyclic amines) is 1. The van der Waals surface area contributed by atoms with Crippen LogP contribution in [0.25, 0.3) is 11.1 Å². The summed E-state index contributed by atoms with van der Waals surface area (Å²) in [4.78, 5) is 17.8. The fourth-order valence-electron chi connectivity index (χ4n) is 5.95. The van der Waals surface area contributed by atoms with Crippen molar-refractivity contribution in [2.24, 2.45) is 0 Å². The van der Waals surface area contributed by atoms with E-state index in [0.29, 0.717) is 25.7 Å². The summed E-state index contributed by atoms with van der Waals surface area (Å²) in [7, 11) is 0. The standard InChI is InChI=1S/C33H46N2O4/c1-33(2,3)28-18-19-34-23-27(28)26-14-12-25(13-15-26)24-39-30-17-16-29(35-20-8-4-5-9-21-35)32(30)38-22-10-6-7-11-31(36)37/h6,10,12-15,18-19,23,29-30,32H,4-5,7-9,11,16-17,20-22,24H2,1-3H3,(H,36,37)/b10-6-/t29-,30+,32+/m0/s1. The van der Waals surface area contributed by atoms with Crippen LogP contribution in [-0.4, -0.2) is 58.9 Å². The summed E-state index contributed by atoms with van der Waals surface area (Å²) in [6.45, 7) is 10.0. The van der Waals surface area contributed by atoms with Gasteiger partial charge in [0.2, 0.25) is 0 Å². The van der Waals surface area contributed by atoms with E-state index in [1.54, 1.807) is 0 Å². The predicted octanol–water partition coefficient (Wildman–Crippen LogP) is 6.78. The summed E-state index contributed by atoms with van der Waals surface area (Å²) in [6.07, 6.45) is 15.7. The van der Waals surface area contributed by atoms with E-state index in [2.05, 4.69) is 61.0 Å². The molecule has 1 saturated carbocycles. The third-order valence-corrected chi connectivity index (χ3v) is 8.04. The second-order valence-electron chi connectivity index (χ2n) is 12.0. The highest BCUT2D eigenvalue weighted by Crippen LogP contribution is 2.34. The number of pyridine rings is 1. The number of hydrogen-bond donors (Lipinski definition) is 1. The number of rotatable bonds is 11. The lowest BCUT2D eigenvalue weighted by Gasteiger charge is -2.33. The van der Waals surface area contributed by atoms with E-state index in [-0.39, 0.29) is 24.0 Å². The molecule has 2 fully saturated rings.